The second-order valence-electron chi connectivity index (χ2n) is 0.756. The first-order valence-corrected chi connectivity index (χ1v) is 3.70. The summed E-state index contributed by atoms with van der Waals surface area (Å²) in [6.45, 7) is 0. The van der Waals surface area contributed by atoms with Gasteiger partial charge in [0.2, 0.25) is 0 Å². The van der Waals surface area contributed by atoms with E-state index in [1.165, 1.54) is 0 Å². The fourth-order valence-corrected chi connectivity index (χ4v) is 0. The number of hydrogen-bond donors (Lipinski definition) is 0. The Balaban J connectivity index is -0.00000000762. The molecule has 0 atom stereocenters. The van der Waals surface area contributed by atoms with Crippen LogP contribution in [0.4, 0.5) is 0 Å². The molecule has 0 aromatic carbocycles. The maximum atomic E-state index is 8.49. The molecule has 0 heterocycles. The number of rotatable bonds is 0. The molecule has 0 saturated heterocycles. The molecule has 117 valence electrons. The monoisotopic (exact) mass is 459 g/mol. The third kappa shape index (κ3) is 1670. The van der Waals surface area contributed by atoms with E-state index < -0.39 is 20.5 Å². The van der Waals surface area contributed by atoms with Gasteiger partial charge in [0.15, 0.2) is 0 Å². The van der Waals surface area contributed by atoms with E-state index in [1.807, 2.05) is 0 Å². The van der Waals surface area contributed by atoms with Crippen molar-refractivity contribution in [3.8, 4) is 0 Å². The SMILES string of the molecule is O.O.O.O.O.O.[Eu+2].[O-][Cl+3]([O-])([O-])[O-].[O-][Cl+3]([O-])([O-])[O-]. The topological polar surface area (TPSA) is 373 Å². The summed E-state index contributed by atoms with van der Waals surface area (Å²) in [5.41, 5.74) is 0. The van der Waals surface area contributed by atoms with Crippen LogP contribution in [0.1, 0.15) is 0 Å². The van der Waals surface area contributed by atoms with Crippen molar-refractivity contribution in [2.24, 2.45) is 0 Å². The summed E-state index contributed by atoms with van der Waals surface area (Å²) in [5, 5.41) is 0. The van der Waals surface area contributed by atoms with Gasteiger partial charge < -0.3 is 32.9 Å². The van der Waals surface area contributed by atoms with Crippen LogP contribution < -0.4 is 37.3 Å². The zero-order valence-electron chi connectivity index (χ0n) is 7.40. The van der Waals surface area contributed by atoms with E-state index in [9.17, 15) is 0 Å². The van der Waals surface area contributed by atoms with E-state index in [4.69, 9.17) is 37.3 Å². The van der Waals surface area contributed by atoms with Crippen LogP contribution in [-0.2, 0) is 0 Å². The first kappa shape index (κ1) is 62.5. The Hall–Kier alpha value is 1.60. The van der Waals surface area contributed by atoms with Gasteiger partial charge in [-0.3, -0.25) is 0 Å². The molecule has 12 N–H and O–H groups in total. The van der Waals surface area contributed by atoms with E-state index in [2.05, 4.69) is 0 Å². The van der Waals surface area contributed by atoms with E-state index >= 15 is 0 Å². The maximum absolute atomic E-state index is 8.49. The third-order valence-electron chi connectivity index (χ3n) is 0. The molecular formula is H12Cl2EuO14. The molecule has 17 heteroatoms. The number of hydrogen-bond acceptors (Lipinski definition) is 8. The van der Waals surface area contributed by atoms with Crippen molar-refractivity contribution in [2.75, 3.05) is 0 Å². The van der Waals surface area contributed by atoms with Gasteiger partial charge in [-0.2, -0.15) is 0 Å². The van der Waals surface area contributed by atoms with Crippen molar-refractivity contribution in [3.05, 3.63) is 0 Å². The van der Waals surface area contributed by atoms with E-state index in [0.29, 0.717) is 0 Å². The van der Waals surface area contributed by atoms with Crippen LogP contribution in [0.25, 0.3) is 0 Å². The van der Waals surface area contributed by atoms with Crippen LogP contribution in [0.2, 0.25) is 0 Å². The zero-order chi connectivity index (χ0) is 9.00. The van der Waals surface area contributed by atoms with Crippen LogP contribution in [0.15, 0.2) is 0 Å². The van der Waals surface area contributed by atoms with Crippen molar-refractivity contribution in [3.63, 3.8) is 0 Å². The molecule has 1 radical (unpaired) electrons. The summed E-state index contributed by atoms with van der Waals surface area (Å²) in [6.07, 6.45) is 0. The molecule has 0 aliphatic rings. The Labute approximate surface area is 139 Å². The summed E-state index contributed by atoms with van der Waals surface area (Å²) >= 11 is 0. The Morgan fingerprint density at radius 3 is 0.353 bits per heavy atom. The smallest absolute Gasteiger partial charge is 0.412 e. The van der Waals surface area contributed by atoms with Crippen LogP contribution >= 0.6 is 0 Å². The predicted molar refractivity (Wildman–Crippen MR) is 21.7 cm³/mol. The Morgan fingerprint density at radius 2 is 0.353 bits per heavy atom. The standard InChI is InChI=1S/2ClHO4.Eu.6H2O/c2*2-1(3,4)5;;;;;;;/h2*(H,2,3,4,5);;6*1H2/q;;+2;;;;;;/p-2. The average Bonchev–Trinajstić information content (AvgIpc) is 1.12. The summed E-state index contributed by atoms with van der Waals surface area (Å²) in [5.74, 6) is 0. The van der Waals surface area contributed by atoms with E-state index in [-0.39, 0.29) is 82.2 Å². The molecular weight excluding hydrogens is 447 g/mol. The first-order chi connectivity index (χ1) is 4.00. The molecule has 0 saturated carbocycles. The molecule has 0 fully saturated rings. The minimum atomic E-state index is -4.94. The average molecular weight is 459 g/mol. The van der Waals surface area contributed by atoms with Gasteiger partial charge in [0, 0.05) is 0 Å². The normalized spacial score (nSPS) is 7.06. The van der Waals surface area contributed by atoms with Crippen molar-refractivity contribution in [1.29, 1.82) is 0 Å². The van der Waals surface area contributed by atoms with E-state index in [0.717, 1.165) is 0 Å². The van der Waals surface area contributed by atoms with Gasteiger partial charge in [-0.1, -0.05) is 0 Å². The van der Waals surface area contributed by atoms with E-state index in [1.54, 1.807) is 0 Å². The molecule has 0 aliphatic heterocycles. The molecule has 0 spiro atoms. The minimum absolute atomic E-state index is 0. The summed E-state index contributed by atoms with van der Waals surface area (Å²) < 4.78 is 67.9. The van der Waals surface area contributed by atoms with Crippen LogP contribution in [0.3, 0.4) is 0 Å². The molecule has 0 bridgehead atoms. The zero-order valence-corrected chi connectivity index (χ0v) is 11.3. The summed E-state index contributed by atoms with van der Waals surface area (Å²) in [7, 11) is -9.89. The van der Waals surface area contributed by atoms with Crippen LogP contribution in [0, 0.1) is 69.9 Å². The van der Waals surface area contributed by atoms with Gasteiger partial charge in [0.1, 0.15) is 0 Å². The van der Waals surface area contributed by atoms with Crippen LogP contribution in [-0.4, -0.2) is 32.9 Å². The Bertz CT molecular complexity index is 57.2. The fraction of sp³-hybridized carbons (Fsp3) is 0. The maximum Gasteiger partial charge on any atom is 2.00 e. The quantitative estimate of drug-likeness (QED) is 0.334. The predicted octanol–water partition coefficient (Wildman–Crippen LogP) is -14.5. The van der Waals surface area contributed by atoms with Gasteiger partial charge in [-0.25, -0.2) is 37.3 Å². The summed E-state index contributed by atoms with van der Waals surface area (Å²) in [6, 6.07) is 0. The molecule has 0 unspecified atom stereocenters. The molecule has 0 amide bonds. The molecule has 0 rings (SSSR count). The molecule has 0 aromatic heterocycles. The van der Waals surface area contributed by atoms with Gasteiger partial charge in [0.25, 0.3) is 0 Å². The van der Waals surface area contributed by atoms with Gasteiger partial charge >= 0.3 is 49.4 Å². The second kappa shape index (κ2) is 26.2. The Morgan fingerprint density at radius 1 is 0.353 bits per heavy atom. The van der Waals surface area contributed by atoms with Crippen molar-refractivity contribution >= 4 is 0 Å². The van der Waals surface area contributed by atoms with Gasteiger partial charge in [0.05, 0.1) is 0 Å². The second-order valence-corrected chi connectivity index (χ2v) is 2.27. The Kier molecular flexibility index (Phi) is 96.4. The molecule has 0 aromatic rings. The molecule has 0 aliphatic carbocycles. The summed E-state index contributed by atoms with van der Waals surface area (Å²) in [4.78, 5) is 0. The van der Waals surface area contributed by atoms with Crippen molar-refractivity contribution in [2.45, 2.75) is 0 Å². The van der Waals surface area contributed by atoms with Gasteiger partial charge in [-0.05, 0) is 0 Å². The van der Waals surface area contributed by atoms with Crippen molar-refractivity contribution < 1.29 is 140 Å². The molecule has 14 nitrogen and oxygen atoms in total. The van der Waals surface area contributed by atoms with Crippen molar-refractivity contribution in [1.82, 2.24) is 0 Å². The first-order valence-electron chi connectivity index (χ1n) is 1.23. The minimum Gasteiger partial charge on any atom is -0.412 e. The van der Waals surface area contributed by atoms with Gasteiger partial charge in [-0.15, -0.1) is 20.5 Å². The third-order valence-corrected chi connectivity index (χ3v) is 0. The largest absolute Gasteiger partial charge is 2.00 e. The van der Waals surface area contributed by atoms with Crippen LogP contribution in [0.5, 0.6) is 0 Å². The molecule has 17 heavy (non-hydrogen) atoms. The fourth-order valence-electron chi connectivity index (χ4n) is 0. The number of halogens is 2.